The smallest absolute Gasteiger partial charge is 0.331 e. The van der Waals surface area contributed by atoms with Crippen molar-refractivity contribution >= 4 is 17.6 Å². The van der Waals surface area contributed by atoms with E-state index in [1.54, 1.807) is 6.07 Å². The summed E-state index contributed by atoms with van der Waals surface area (Å²) in [7, 11) is 0. The van der Waals surface area contributed by atoms with Crippen LogP contribution in [0.25, 0.3) is 10.9 Å². The standard InChI is InChI=1S/C23H27F2N6O2.W/c24-22(25)27-14-17(13-26)19-12-20(29-15-28-19)31-10-8-23(32,9-11-31)33-21-7-6-18(30-21)16-4-2-1-3-5-16;/h1-5,12-15,18,21-22,32H,6-11,26H2;/q-1;/b17-13+,27-14+;/t18-,21+;/m0./s1. The zero-order valence-corrected chi connectivity index (χ0v) is 21.4. The van der Waals surface area contributed by atoms with Gasteiger partial charge < -0.3 is 25.8 Å². The van der Waals surface area contributed by atoms with Crippen molar-refractivity contribution in [3.05, 3.63) is 65.5 Å². The van der Waals surface area contributed by atoms with Gasteiger partial charge in [0.15, 0.2) is 5.79 Å². The van der Waals surface area contributed by atoms with E-state index in [9.17, 15) is 13.9 Å². The van der Waals surface area contributed by atoms with Crippen LogP contribution in [-0.4, -0.2) is 52.9 Å². The quantitative estimate of drug-likeness (QED) is 0.272. The number of hydrogen-bond acceptors (Lipinski definition) is 7. The van der Waals surface area contributed by atoms with Gasteiger partial charge in [-0.2, -0.15) is 8.78 Å². The number of aromatic nitrogens is 2. The molecular formula is C23H27F2N6O2W-. The molecule has 1 aromatic carbocycles. The molecule has 182 valence electrons. The van der Waals surface area contributed by atoms with Crippen LogP contribution in [0.4, 0.5) is 14.6 Å². The van der Waals surface area contributed by atoms with Crippen molar-refractivity contribution in [1.29, 1.82) is 0 Å². The van der Waals surface area contributed by atoms with Gasteiger partial charge in [-0.1, -0.05) is 42.3 Å². The summed E-state index contributed by atoms with van der Waals surface area (Å²) in [5.74, 6) is -0.639. The van der Waals surface area contributed by atoms with Crippen LogP contribution in [0.1, 0.15) is 43.0 Å². The largest absolute Gasteiger partial charge is 0.630 e. The summed E-state index contributed by atoms with van der Waals surface area (Å²) < 4.78 is 30.8. The average Bonchev–Trinajstić information content (AvgIpc) is 3.28. The van der Waals surface area contributed by atoms with E-state index in [-0.39, 0.29) is 38.9 Å². The van der Waals surface area contributed by atoms with Crippen molar-refractivity contribution in [1.82, 2.24) is 9.97 Å². The van der Waals surface area contributed by atoms with Crippen LogP contribution < -0.4 is 10.6 Å². The van der Waals surface area contributed by atoms with Gasteiger partial charge in [-0.05, 0) is 12.6 Å². The van der Waals surface area contributed by atoms with Gasteiger partial charge in [-0.3, -0.25) is 0 Å². The third-order valence-corrected chi connectivity index (χ3v) is 5.90. The predicted molar refractivity (Wildman–Crippen MR) is 122 cm³/mol. The maximum Gasteiger partial charge on any atom is 0.331 e. The molecule has 3 N–H and O–H groups in total. The van der Waals surface area contributed by atoms with E-state index in [1.807, 2.05) is 23.1 Å². The minimum Gasteiger partial charge on any atom is -0.630 e. The van der Waals surface area contributed by atoms with Crippen LogP contribution in [0.3, 0.4) is 0 Å². The molecule has 0 unspecified atom stereocenters. The molecular weight excluding hydrogens is 614 g/mol. The number of alkyl halides is 2. The zero-order chi connectivity index (χ0) is 23.3. The first-order valence-corrected chi connectivity index (χ1v) is 10.9. The third kappa shape index (κ3) is 6.66. The van der Waals surface area contributed by atoms with Crippen molar-refractivity contribution in [3.8, 4) is 0 Å². The molecule has 34 heavy (non-hydrogen) atoms. The van der Waals surface area contributed by atoms with Gasteiger partial charge in [-0.15, -0.1) is 6.04 Å². The minimum absolute atomic E-state index is 0. The molecule has 0 radical (unpaired) electrons. The number of hydrogen-bond donors (Lipinski definition) is 2. The normalized spacial score (nSPS) is 22.8. The summed E-state index contributed by atoms with van der Waals surface area (Å²) in [5.41, 5.74) is 7.37. The monoisotopic (exact) mass is 641 g/mol. The molecule has 2 saturated heterocycles. The zero-order valence-electron chi connectivity index (χ0n) is 18.5. The number of benzene rings is 1. The summed E-state index contributed by atoms with van der Waals surface area (Å²) in [4.78, 5) is 13.4. The molecule has 0 amide bonds. The Morgan fingerprint density at radius 2 is 1.97 bits per heavy atom. The maximum atomic E-state index is 12.4. The summed E-state index contributed by atoms with van der Waals surface area (Å²) >= 11 is 0. The van der Waals surface area contributed by atoms with Gasteiger partial charge in [0.05, 0.1) is 5.69 Å². The number of piperidine rings is 1. The van der Waals surface area contributed by atoms with Crippen molar-refractivity contribution in [2.24, 2.45) is 10.7 Å². The number of halogens is 2. The molecule has 3 heterocycles. The Kier molecular flexibility index (Phi) is 9.24. The molecule has 2 fully saturated rings. The Morgan fingerprint density at radius 3 is 2.65 bits per heavy atom. The molecule has 11 heteroatoms. The summed E-state index contributed by atoms with van der Waals surface area (Å²) in [6, 6.07) is 11.9. The van der Waals surface area contributed by atoms with E-state index in [0.29, 0.717) is 37.4 Å². The third-order valence-electron chi connectivity index (χ3n) is 5.90. The van der Waals surface area contributed by atoms with Gasteiger partial charge >= 0.3 is 6.55 Å². The summed E-state index contributed by atoms with van der Waals surface area (Å²) in [5, 5.41) is 15.7. The minimum atomic E-state index is -2.82. The van der Waals surface area contributed by atoms with Crippen molar-refractivity contribution in [3.63, 3.8) is 0 Å². The summed E-state index contributed by atoms with van der Waals surface area (Å²) in [6.45, 7) is -1.81. The second-order valence-corrected chi connectivity index (χ2v) is 8.10. The van der Waals surface area contributed by atoms with E-state index in [4.69, 9.17) is 15.8 Å². The number of aliphatic hydroxyl groups is 1. The van der Waals surface area contributed by atoms with Crippen LogP contribution in [0.15, 0.2) is 53.9 Å². The number of anilines is 1. The van der Waals surface area contributed by atoms with Crippen molar-refractivity contribution < 1.29 is 39.7 Å². The molecule has 0 bridgehead atoms. The Hall–Kier alpha value is -2.26. The first kappa shape index (κ1) is 26.3. The SMILES string of the molecule is N/C=C(\C=N\C(F)F)c1cc(N2CCC(O)(O[C@@H]3CC[C@@H](c4ccccc4)[N-]3)CC2)ncn1.[W]. The van der Waals surface area contributed by atoms with E-state index in [2.05, 4.69) is 27.1 Å². The molecule has 2 atom stereocenters. The van der Waals surface area contributed by atoms with Crippen LogP contribution in [0, 0.1) is 0 Å². The molecule has 1 aromatic heterocycles. The van der Waals surface area contributed by atoms with Gasteiger partial charge in [-0.25, -0.2) is 15.0 Å². The van der Waals surface area contributed by atoms with Crippen LogP contribution in [0.2, 0.25) is 0 Å². The van der Waals surface area contributed by atoms with Crippen LogP contribution in [-0.2, 0) is 25.8 Å². The van der Waals surface area contributed by atoms with Gasteiger partial charge in [0.25, 0.3) is 0 Å². The van der Waals surface area contributed by atoms with Crippen molar-refractivity contribution in [2.45, 2.75) is 50.3 Å². The van der Waals surface area contributed by atoms with E-state index in [0.717, 1.165) is 24.6 Å². The maximum absolute atomic E-state index is 12.4. The molecule has 2 aromatic rings. The Labute approximate surface area is 211 Å². The van der Waals surface area contributed by atoms with Gasteiger partial charge in [0, 0.05) is 71.1 Å². The number of ether oxygens (including phenoxy) is 1. The number of aliphatic imine (C=N–C) groups is 1. The van der Waals surface area contributed by atoms with E-state index >= 15 is 0 Å². The van der Waals surface area contributed by atoms with Crippen molar-refractivity contribution in [2.75, 3.05) is 18.0 Å². The predicted octanol–water partition coefficient (Wildman–Crippen LogP) is 3.61. The topological polar surface area (TPSA) is 111 Å². The van der Waals surface area contributed by atoms with Gasteiger partial charge in [0.1, 0.15) is 12.1 Å². The fourth-order valence-corrected chi connectivity index (χ4v) is 4.13. The first-order valence-electron chi connectivity index (χ1n) is 10.9. The van der Waals surface area contributed by atoms with Crippen LogP contribution >= 0.6 is 0 Å². The second kappa shape index (κ2) is 11.9. The van der Waals surface area contributed by atoms with E-state index < -0.39 is 12.3 Å². The fourth-order valence-electron chi connectivity index (χ4n) is 4.13. The number of nitrogens with two attached hydrogens (primary N) is 1. The first-order chi connectivity index (χ1) is 16.0. The van der Waals surface area contributed by atoms with Gasteiger partial charge in [0.2, 0.25) is 0 Å². The molecule has 0 spiro atoms. The van der Waals surface area contributed by atoms with Crippen LogP contribution in [0.5, 0.6) is 0 Å². The average molecular weight is 641 g/mol. The number of nitrogens with zero attached hydrogens (tertiary/aromatic N) is 5. The molecule has 2 aliphatic heterocycles. The Morgan fingerprint density at radius 1 is 1.24 bits per heavy atom. The number of rotatable bonds is 7. The Balaban J connectivity index is 0.00000324. The number of allylic oxidation sites excluding steroid dienone is 1. The fraction of sp³-hybridized carbons (Fsp3) is 0.435. The molecule has 0 saturated carbocycles. The second-order valence-electron chi connectivity index (χ2n) is 8.10. The Bertz CT molecular complexity index is 986. The van der Waals surface area contributed by atoms with E-state index in [1.165, 1.54) is 12.5 Å². The molecule has 2 aliphatic rings. The summed E-state index contributed by atoms with van der Waals surface area (Å²) in [6.07, 6.45) is 5.64. The molecule has 8 nitrogen and oxygen atoms in total. The molecule has 0 aliphatic carbocycles. The molecule has 4 rings (SSSR count).